The van der Waals surface area contributed by atoms with Gasteiger partial charge in [0, 0.05) is 12.1 Å². The van der Waals surface area contributed by atoms with E-state index in [9.17, 15) is 13.2 Å². The van der Waals surface area contributed by atoms with Crippen molar-refractivity contribution in [1.29, 1.82) is 0 Å². The van der Waals surface area contributed by atoms with Crippen molar-refractivity contribution in [2.45, 2.75) is 24.3 Å². The van der Waals surface area contributed by atoms with Crippen molar-refractivity contribution in [3.63, 3.8) is 0 Å². The van der Waals surface area contributed by atoms with Crippen molar-refractivity contribution in [1.82, 2.24) is 4.72 Å². The van der Waals surface area contributed by atoms with Crippen LogP contribution in [0.15, 0.2) is 82.3 Å². The summed E-state index contributed by atoms with van der Waals surface area (Å²) in [6.45, 7) is 0.509. The average molecular weight is 414 g/mol. The Morgan fingerprint density at radius 2 is 1.72 bits per heavy atom. The van der Waals surface area contributed by atoms with E-state index in [-0.39, 0.29) is 17.3 Å². The van der Waals surface area contributed by atoms with Crippen molar-refractivity contribution >= 4 is 21.6 Å². The number of ether oxygens (including phenoxy) is 1. The first-order valence-corrected chi connectivity index (χ1v) is 10.6. The number of carbonyl (C=O) groups excluding carboxylic acids is 1. The zero-order valence-electron chi connectivity index (χ0n) is 15.7. The van der Waals surface area contributed by atoms with E-state index in [1.54, 1.807) is 24.3 Å². The van der Waals surface area contributed by atoms with Gasteiger partial charge in [-0.1, -0.05) is 18.2 Å². The molecular weight excluding hydrogens is 392 g/mol. The number of furan rings is 1. The van der Waals surface area contributed by atoms with E-state index in [1.807, 2.05) is 30.3 Å². The van der Waals surface area contributed by atoms with E-state index >= 15 is 0 Å². The van der Waals surface area contributed by atoms with Crippen LogP contribution in [-0.2, 0) is 21.4 Å². The summed E-state index contributed by atoms with van der Waals surface area (Å²) in [4.78, 5) is 12.1. The molecule has 0 saturated heterocycles. The van der Waals surface area contributed by atoms with Gasteiger partial charge in [-0.3, -0.25) is 4.79 Å². The topological polar surface area (TPSA) is 97.6 Å². The summed E-state index contributed by atoms with van der Waals surface area (Å²) in [6.07, 6.45) is 2.36. The van der Waals surface area contributed by atoms with Gasteiger partial charge in [0.2, 0.25) is 15.9 Å². The van der Waals surface area contributed by atoms with Gasteiger partial charge >= 0.3 is 0 Å². The molecule has 29 heavy (non-hydrogen) atoms. The van der Waals surface area contributed by atoms with Crippen LogP contribution in [-0.4, -0.2) is 20.9 Å². The molecule has 2 aromatic carbocycles. The third kappa shape index (κ3) is 6.48. The van der Waals surface area contributed by atoms with E-state index in [0.29, 0.717) is 30.9 Å². The standard InChI is InChI=1S/C21H22N2O5S/c24-21(9-5-15-27-18-6-2-1-3-7-18)23-17-10-12-20(13-11-17)29(25,26)22-16-19-8-4-14-28-19/h1-4,6-8,10-14,22H,5,9,15-16H2,(H,23,24). The molecular formula is C21H22N2O5S. The van der Waals surface area contributed by atoms with Gasteiger partial charge in [0.15, 0.2) is 0 Å². The summed E-state index contributed by atoms with van der Waals surface area (Å²) in [5.41, 5.74) is 0.531. The number of benzene rings is 2. The lowest BCUT2D eigenvalue weighted by Gasteiger charge is -2.09. The molecule has 7 nitrogen and oxygen atoms in total. The Morgan fingerprint density at radius 1 is 0.966 bits per heavy atom. The van der Waals surface area contributed by atoms with Crippen LogP contribution in [0.5, 0.6) is 5.75 Å². The Hall–Kier alpha value is -3.10. The first-order chi connectivity index (χ1) is 14.0. The van der Waals surface area contributed by atoms with E-state index < -0.39 is 10.0 Å². The Kier molecular flexibility index (Phi) is 7.04. The van der Waals surface area contributed by atoms with E-state index in [4.69, 9.17) is 9.15 Å². The van der Waals surface area contributed by atoms with Gasteiger partial charge in [0.1, 0.15) is 11.5 Å². The lowest BCUT2D eigenvalue weighted by molar-refractivity contribution is -0.116. The average Bonchev–Trinajstić information content (AvgIpc) is 3.25. The minimum absolute atomic E-state index is 0.0683. The normalized spacial score (nSPS) is 11.2. The van der Waals surface area contributed by atoms with Crippen molar-refractivity contribution in [3.05, 3.63) is 78.8 Å². The fraction of sp³-hybridized carbons (Fsp3) is 0.190. The SMILES string of the molecule is O=C(CCCOc1ccccc1)Nc1ccc(S(=O)(=O)NCc2ccco2)cc1. The quantitative estimate of drug-likeness (QED) is 0.495. The molecule has 0 aliphatic carbocycles. The predicted octanol–water partition coefficient (Wildman–Crippen LogP) is 3.56. The van der Waals surface area contributed by atoms with Crippen molar-refractivity contribution in [2.75, 3.05) is 11.9 Å². The highest BCUT2D eigenvalue weighted by Crippen LogP contribution is 2.15. The second-order valence-electron chi connectivity index (χ2n) is 6.24. The molecule has 0 saturated carbocycles. The number of anilines is 1. The second-order valence-corrected chi connectivity index (χ2v) is 8.01. The monoisotopic (exact) mass is 414 g/mol. The molecule has 0 atom stereocenters. The van der Waals surface area contributed by atoms with Gasteiger partial charge in [-0.15, -0.1) is 0 Å². The number of rotatable bonds is 10. The minimum atomic E-state index is -3.66. The van der Waals surface area contributed by atoms with Crippen LogP contribution in [0.3, 0.4) is 0 Å². The maximum Gasteiger partial charge on any atom is 0.240 e. The predicted molar refractivity (Wildman–Crippen MR) is 109 cm³/mol. The Bertz CT molecular complexity index is 1000. The van der Waals surface area contributed by atoms with Crippen molar-refractivity contribution < 1.29 is 22.4 Å². The van der Waals surface area contributed by atoms with Crippen LogP contribution in [0.1, 0.15) is 18.6 Å². The summed E-state index contributed by atoms with van der Waals surface area (Å²) in [5, 5.41) is 2.75. The third-order valence-corrected chi connectivity index (χ3v) is 5.44. The van der Waals surface area contributed by atoms with Gasteiger partial charge in [0.25, 0.3) is 0 Å². The zero-order chi connectivity index (χ0) is 20.5. The molecule has 0 spiro atoms. The maximum absolute atomic E-state index is 12.3. The molecule has 8 heteroatoms. The fourth-order valence-electron chi connectivity index (χ4n) is 2.54. The van der Waals surface area contributed by atoms with Crippen molar-refractivity contribution in [2.24, 2.45) is 0 Å². The molecule has 0 aliphatic rings. The molecule has 0 fully saturated rings. The summed E-state index contributed by atoms with van der Waals surface area (Å²) in [5.74, 6) is 1.13. The smallest absolute Gasteiger partial charge is 0.240 e. The highest BCUT2D eigenvalue weighted by atomic mass is 32.2. The molecule has 3 rings (SSSR count). The number of hydrogen-bond donors (Lipinski definition) is 2. The third-order valence-electron chi connectivity index (χ3n) is 4.03. The lowest BCUT2D eigenvalue weighted by Crippen LogP contribution is -2.23. The number of hydrogen-bond acceptors (Lipinski definition) is 5. The zero-order valence-corrected chi connectivity index (χ0v) is 16.5. The summed E-state index contributed by atoms with van der Waals surface area (Å²) in [7, 11) is -3.66. The first-order valence-electron chi connectivity index (χ1n) is 9.13. The Balaban J connectivity index is 1.43. The van der Waals surface area contributed by atoms with Crippen LogP contribution in [0, 0.1) is 0 Å². The van der Waals surface area contributed by atoms with E-state index in [0.717, 1.165) is 5.75 Å². The van der Waals surface area contributed by atoms with Crippen molar-refractivity contribution in [3.8, 4) is 5.75 Å². The van der Waals surface area contributed by atoms with Crippen LogP contribution < -0.4 is 14.8 Å². The van der Waals surface area contributed by atoms with Gasteiger partial charge in [-0.25, -0.2) is 13.1 Å². The van der Waals surface area contributed by atoms with Gasteiger partial charge < -0.3 is 14.5 Å². The minimum Gasteiger partial charge on any atom is -0.494 e. The molecule has 3 aromatic rings. The molecule has 152 valence electrons. The van der Waals surface area contributed by atoms with E-state index in [1.165, 1.54) is 18.4 Å². The highest BCUT2D eigenvalue weighted by molar-refractivity contribution is 7.89. The van der Waals surface area contributed by atoms with Crippen LogP contribution in [0.2, 0.25) is 0 Å². The summed E-state index contributed by atoms with van der Waals surface area (Å²) >= 11 is 0. The maximum atomic E-state index is 12.3. The molecule has 0 bridgehead atoms. The van der Waals surface area contributed by atoms with Gasteiger partial charge in [-0.05, 0) is 55.0 Å². The highest BCUT2D eigenvalue weighted by Gasteiger charge is 2.14. The van der Waals surface area contributed by atoms with Crippen LogP contribution in [0.4, 0.5) is 5.69 Å². The van der Waals surface area contributed by atoms with Gasteiger partial charge in [0.05, 0.1) is 24.3 Å². The van der Waals surface area contributed by atoms with E-state index in [2.05, 4.69) is 10.0 Å². The Labute approximate surface area is 169 Å². The lowest BCUT2D eigenvalue weighted by atomic mass is 10.2. The summed E-state index contributed by atoms with van der Waals surface area (Å²) in [6, 6.07) is 18.8. The molecule has 0 aliphatic heterocycles. The number of amides is 1. The summed E-state index contributed by atoms with van der Waals surface area (Å²) < 4.78 is 37.7. The van der Waals surface area contributed by atoms with Crippen LogP contribution in [0.25, 0.3) is 0 Å². The number of carbonyl (C=O) groups is 1. The first kappa shape index (κ1) is 20.6. The van der Waals surface area contributed by atoms with Gasteiger partial charge in [-0.2, -0.15) is 0 Å². The number of para-hydroxylation sites is 1. The molecule has 1 amide bonds. The molecule has 2 N–H and O–H groups in total. The second kappa shape index (κ2) is 9.90. The molecule has 0 unspecified atom stereocenters. The molecule has 1 heterocycles. The molecule has 0 radical (unpaired) electrons. The number of nitrogens with one attached hydrogen (secondary N) is 2. The fourth-order valence-corrected chi connectivity index (χ4v) is 3.54. The van der Waals surface area contributed by atoms with Crippen LogP contribution >= 0.6 is 0 Å². The largest absolute Gasteiger partial charge is 0.494 e. The number of sulfonamides is 1. The molecule has 1 aromatic heterocycles. The Morgan fingerprint density at radius 3 is 2.41 bits per heavy atom.